The third kappa shape index (κ3) is 4.67. The maximum atomic E-state index is 6.33. The maximum absolute atomic E-state index is 6.33. The van der Waals surface area contributed by atoms with Crippen molar-refractivity contribution in [3.05, 3.63) is 41.2 Å². The van der Waals surface area contributed by atoms with Crippen molar-refractivity contribution in [3.63, 3.8) is 0 Å². The number of ether oxygens (including phenoxy) is 1. The fourth-order valence-corrected chi connectivity index (χ4v) is 4.23. The number of rotatable bonds is 5. The molecule has 2 aromatic rings. The molecule has 140 valence electrons. The largest absolute Gasteiger partial charge is 0.444 e. The van der Waals surface area contributed by atoms with E-state index in [4.69, 9.17) is 20.8 Å². The van der Waals surface area contributed by atoms with Gasteiger partial charge in [-0.1, -0.05) is 36.9 Å². The lowest BCUT2D eigenvalue weighted by Gasteiger charge is -2.34. The van der Waals surface area contributed by atoms with E-state index in [0.717, 1.165) is 43.7 Å². The Kier molecular flexibility index (Phi) is 5.93. The van der Waals surface area contributed by atoms with Gasteiger partial charge in [-0.25, -0.2) is 4.98 Å². The van der Waals surface area contributed by atoms with E-state index in [-0.39, 0.29) is 0 Å². The molecule has 1 aromatic carbocycles. The molecule has 0 atom stereocenters. The van der Waals surface area contributed by atoms with Crippen LogP contribution >= 0.6 is 11.6 Å². The van der Waals surface area contributed by atoms with Crippen LogP contribution in [0.15, 0.2) is 34.9 Å². The van der Waals surface area contributed by atoms with Crippen molar-refractivity contribution in [2.24, 2.45) is 0 Å². The maximum Gasteiger partial charge on any atom is 0.226 e. The minimum absolute atomic E-state index is 0.439. The van der Waals surface area contributed by atoms with E-state index >= 15 is 0 Å². The highest BCUT2D eigenvalue weighted by Gasteiger charge is 2.24. The topological polar surface area (TPSA) is 38.5 Å². The first-order valence-corrected chi connectivity index (χ1v) is 10.2. The summed E-state index contributed by atoms with van der Waals surface area (Å²) in [6.07, 6.45) is 11.5. The molecule has 4 rings (SSSR count). The van der Waals surface area contributed by atoms with Crippen LogP contribution in [0, 0.1) is 0 Å². The van der Waals surface area contributed by atoms with Gasteiger partial charge in [-0.2, -0.15) is 0 Å². The molecular formula is C21H27ClN2O2. The second kappa shape index (κ2) is 8.55. The van der Waals surface area contributed by atoms with Crippen LogP contribution in [0.4, 0.5) is 0 Å². The van der Waals surface area contributed by atoms with Crippen molar-refractivity contribution >= 4 is 11.6 Å². The highest BCUT2D eigenvalue weighted by Crippen LogP contribution is 2.26. The van der Waals surface area contributed by atoms with Gasteiger partial charge in [0, 0.05) is 30.2 Å². The van der Waals surface area contributed by atoms with Crippen LogP contribution in [-0.4, -0.2) is 35.2 Å². The molecule has 2 fully saturated rings. The summed E-state index contributed by atoms with van der Waals surface area (Å²) in [6, 6.07) is 7.62. The van der Waals surface area contributed by atoms with Gasteiger partial charge in [0.2, 0.25) is 5.89 Å². The van der Waals surface area contributed by atoms with Gasteiger partial charge in [-0.3, -0.25) is 4.90 Å². The van der Waals surface area contributed by atoms with Crippen molar-refractivity contribution < 1.29 is 9.15 Å². The lowest BCUT2D eigenvalue weighted by atomic mass is 9.97. The Balaban J connectivity index is 1.27. The lowest BCUT2D eigenvalue weighted by Crippen LogP contribution is -2.38. The van der Waals surface area contributed by atoms with Gasteiger partial charge in [0.25, 0.3) is 0 Å². The van der Waals surface area contributed by atoms with Crippen LogP contribution in [-0.2, 0) is 11.3 Å². The number of piperidine rings is 1. The molecule has 26 heavy (non-hydrogen) atoms. The molecule has 0 radical (unpaired) electrons. The van der Waals surface area contributed by atoms with E-state index in [1.165, 1.54) is 32.1 Å². The molecule has 1 aromatic heterocycles. The minimum atomic E-state index is 0.439. The molecule has 0 unspecified atom stereocenters. The van der Waals surface area contributed by atoms with Gasteiger partial charge >= 0.3 is 0 Å². The monoisotopic (exact) mass is 374 g/mol. The zero-order valence-electron chi connectivity index (χ0n) is 15.2. The van der Waals surface area contributed by atoms with Gasteiger partial charge in [0.1, 0.15) is 6.26 Å². The summed E-state index contributed by atoms with van der Waals surface area (Å²) in [5.41, 5.74) is 1.90. The zero-order chi connectivity index (χ0) is 17.8. The summed E-state index contributed by atoms with van der Waals surface area (Å²) in [7, 11) is 0. The normalized spacial score (nSPS) is 20.5. The quantitative estimate of drug-likeness (QED) is 0.711. The SMILES string of the molecule is Clc1cccc(-c2nc(CN3CCC(OC4CCCCC4)CC3)co2)c1. The van der Waals surface area contributed by atoms with E-state index in [0.29, 0.717) is 23.1 Å². The average Bonchev–Trinajstić information content (AvgIpc) is 3.13. The molecular weight excluding hydrogens is 348 g/mol. The van der Waals surface area contributed by atoms with Crippen LogP contribution in [0.2, 0.25) is 5.02 Å². The number of nitrogens with zero attached hydrogens (tertiary/aromatic N) is 2. The van der Waals surface area contributed by atoms with Crippen molar-refractivity contribution in [2.75, 3.05) is 13.1 Å². The van der Waals surface area contributed by atoms with Crippen molar-refractivity contribution in [2.45, 2.75) is 63.7 Å². The van der Waals surface area contributed by atoms with E-state index in [1.807, 2.05) is 24.3 Å². The zero-order valence-corrected chi connectivity index (χ0v) is 16.0. The number of likely N-dealkylation sites (tertiary alicyclic amines) is 1. The molecule has 2 heterocycles. The molecule has 4 nitrogen and oxygen atoms in total. The molecule has 1 aliphatic carbocycles. The Morgan fingerprint density at radius 1 is 1.08 bits per heavy atom. The van der Waals surface area contributed by atoms with Gasteiger partial charge in [-0.15, -0.1) is 0 Å². The van der Waals surface area contributed by atoms with Crippen LogP contribution in [0.5, 0.6) is 0 Å². The summed E-state index contributed by atoms with van der Waals surface area (Å²) < 4.78 is 12.0. The molecule has 2 aliphatic rings. The highest BCUT2D eigenvalue weighted by molar-refractivity contribution is 6.30. The number of oxazole rings is 1. The molecule has 0 bridgehead atoms. The summed E-state index contributed by atoms with van der Waals surface area (Å²) >= 11 is 6.05. The van der Waals surface area contributed by atoms with Crippen molar-refractivity contribution in [1.82, 2.24) is 9.88 Å². The fraction of sp³-hybridized carbons (Fsp3) is 0.571. The standard InChI is InChI=1S/C21H27ClN2O2/c22-17-6-4-5-16(13-17)21-23-18(15-25-21)14-24-11-9-20(10-12-24)26-19-7-2-1-3-8-19/h4-6,13,15,19-20H,1-3,7-12,14H2. The van der Waals surface area contributed by atoms with E-state index < -0.39 is 0 Å². The number of benzene rings is 1. The Labute approximate surface area is 160 Å². The molecule has 1 saturated heterocycles. The predicted octanol–water partition coefficient (Wildman–Crippen LogP) is 5.31. The molecule has 1 saturated carbocycles. The Morgan fingerprint density at radius 3 is 2.62 bits per heavy atom. The van der Waals surface area contributed by atoms with Gasteiger partial charge in [-0.05, 0) is 43.9 Å². The van der Waals surface area contributed by atoms with Crippen LogP contribution in [0.25, 0.3) is 11.5 Å². The molecule has 1 aliphatic heterocycles. The number of hydrogen-bond donors (Lipinski definition) is 0. The Hall–Kier alpha value is -1.36. The first-order valence-electron chi connectivity index (χ1n) is 9.84. The van der Waals surface area contributed by atoms with Gasteiger partial charge < -0.3 is 9.15 Å². The summed E-state index contributed by atoms with van der Waals surface area (Å²) in [6.45, 7) is 2.97. The predicted molar refractivity (Wildman–Crippen MR) is 103 cm³/mol. The molecule has 5 heteroatoms. The average molecular weight is 375 g/mol. The third-order valence-electron chi connectivity index (χ3n) is 5.48. The minimum Gasteiger partial charge on any atom is -0.444 e. The number of hydrogen-bond acceptors (Lipinski definition) is 4. The van der Waals surface area contributed by atoms with Crippen LogP contribution < -0.4 is 0 Å². The summed E-state index contributed by atoms with van der Waals surface area (Å²) in [4.78, 5) is 7.07. The first-order chi connectivity index (χ1) is 12.8. The summed E-state index contributed by atoms with van der Waals surface area (Å²) in [5.74, 6) is 0.637. The van der Waals surface area contributed by atoms with Gasteiger partial charge in [0.15, 0.2) is 0 Å². The molecule has 0 N–H and O–H groups in total. The van der Waals surface area contributed by atoms with Crippen molar-refractivity contribution in [3.8, 4) is 11.5 Å². The lowest BCUT2D eigenvalue weighted by molar-refractivity contribution is -0.0566. The van der Waals surface area contributed by atoms with Crippen LogP contribution in [0.3, 0.4) is 0 Å². The van der Waals surface area contributed by atoms with Crippen molar-refractivity contribution in [1.29, 1.82) is 0 Å². The third-order valence-corrected chi connectivity index (χ3v) is 5.72. The first kappa shape index (κ1) is 18.0. The van der Waals surface area contributed by atoms with E-state index in [9.17, 15) is 0 Å². The number of aromatic nitrogens is 1. The highest BCUT2D eigenvalue weighted by atomic mass is 35.5. The molecule has 0 amide bonds. The second-order valence-electron chi connectivity index (χ2n) is 7.53. The van der Waals surface area contributed by atoms with E-state index in [1.54, 1.807) is 6.26 Å². The fourth-order valence-electron chi connectivity index (χ4n) is 4.04. The molecule has 0 spiro atoms. The smallest absolute Gasteiger partial charge is 0.226 e. The number of halogens is 1. The van der Waals surface area contributed by atoms with Crippen LogP contribution in [0.1, 0.15) is 50.6 Å². The summed E-state index contributed by atoms with van der Waals surface area (Å²) in [5, 5.41) is 0.697. The Bertz CT molecular complexity index is 704. The Morgan fingerprint density at radius 2 is 1.85 bits per heavy atom. The van der Waals surface area contributed by atoms with E-state index in [2.05, 4.69) is 9.88 Å². The van der Waals surface area contributed by atoms with Gasteiger partial charge in [0.05, 0.1) is 17.9 Å². The second-order valence-corrected chi connectivity index (χ2v) is 7.96.